The third kappa shape index (κ3) is 3.09. The smallest absolute Gasteiger partial charge is 0.339 e. The van der Waals surface area contributed by atoms with Crippen molar-refractivity contribution in [1.29, 1.82) is 0 Å². The summed E-state index contributed by atoms with van der Waals surface area (Å²) in [6, 6.07) is 5.82. The van der Waals surface area contributed by atoms with Crippen molar-refractivity contribution in [2.45, 2.75) is 20.4 Å². The average Bonchev–Trinajstić information content (AvgIpc) is 2.38. The SMILES string of the molecule is Cc1cccc(CN(C)c2ncc(C(=O)O)c(C)n2)n1. The molecule has 6 heteroatoms. The van der Waals surface area contributed by atoms with Crippen molar-refractivity contribution in [3.63, 3.8) is 0 Å². The minimum atomic E-state index is -1.02. The fourth-order valence-corrected chi connectivity index (χ4v) is 1.85. The molecule has 0 aromatic carbocycles. The molecule has 1 N–H and O–H groups in total. The van der Waals surface area contributed by atoms with Gasteiger partial charge in [0.15, 0.2) is 0 Å². The van der Waals surface area contributed by atoms with Crippen molar-refractivity contribution in [2.75, 3.05) is 11.9 Å². The Kier molecular flexibility index (Phi) is 3.93. The standard InChI is InChI=1S/C14H16N4O2/c1-9-5-4-6-11(16-9)8-18(3)14-15-7-12(13(19)20)10(2)17-14/h4-7H,8H2,1-3H3,(H,19,20). The number of nitrogens with zero attached hydrogens (tertiary/aromatic N) is 4. The number of carbonyl (C=O) groups is 1. The average molecular weight is 272 g/mol. The van der Waals surface area contributed by atoms with Gasteiger partial charge in [-0.1, -0.05) is 6.07 Å². The van der Waals surface area contributed by atoms with Gasteiger partial charge in [-0.3, -0.25) is 4.98 Å². The van der Waals surface area contributed by atoms with Crippen LogP contribution < -0.4 is 4.90 Å². The van der Waals surface area contributed by atoms with Gasteiger partial charge in [0.25, 0.3) is 0 Å². The fraction of sp³-hybridized carbons (Fsp3) is 0.286. The Balaban J connectivity index is 2.19. The third-order valence-corrected chi connectivity index (χ3v) is 2.88. The molecule has 0 unspecified atom stereocenters. The first-order valence-electron chi connectivity index (χ1n) is 6.18. The van der Waals surface area contributed by atoms with Crippen molar-refractivity contribution in [2.24, 2.45) is 0 Å². The molecule has 2 aromatic heterocycles. The number of aromatic nitrogens is 3. The van der Waals surface area contributed by atoms with Gasteiger partial charge in [-0.25, -0.2) is 14.8 Å². The highest BCUT2D eigenvalue weighted by Crippen LogP contribution is 2.12. The van der Waals surface area contributed by atoms with Crippen molar-refractivity contribution in [3.05, 3.63) is 47.0 Å². The van der Waals surface area contributed by atoms with E-state index in [-0.39, 0.29) is 5.56 Å². The maximum absolute atomic E-state index is 10.9. The Morgan fingerprint density at radius 2 is 2.05 bits per heavy atom. The molecule has 0 aliphatic rings. The summed E-state index contributed by atoms with van der Waals surface area (Å²) in [6.45, 7) is 4.16. The largest absolute Gasteiger partial charge is 0.478 e. The van der Waals surface area contributed by atoms with Crippen LogP contribution >= 0.6 is 0 Å². The van der Waals surface area contributed by atoms with Gasteiger partial charge in [0, 0.05) is 18.9 Å². The number of carboxylic acids is 1. The molecule has 0 saturated heterocycles. The van der Waals surface area contributed by atoms with Crippen LogP contribution in [0.2, 0.25) is 0 Å². The number of pyridine rings is 1. The van der Waals surface area contributed by atoms with E-state index in [1.165, 1.54) is 6.20 Å². The van der Waals surface area contributed by atoms with E-state index in [1.54, 1.807) is 6.92 Å². The van der Waals surface area contributed by atoms with Crippen LogP contribution in [-0.2, 0) is 6.54 Å². The molecule has 0 radical (unpaired) electrons. The first kappa shape index (κ1) is 13.9. The fourth-order valence-electron chi connectivity index (χ4n) is 1.85. The predicted molar refractivity (Wildman–Crippen MR) is 74.8 cm³/mol. The third-order valence-electron chi connectivity index (χ3n) is 2.88. The van der Waals surface area contributed by atoms with Crippen LogP contribution in [0.4, 0.5) is 5.95 Å². The minimum absolute atomic E-state index is 0.121. The summed E-state index contributed by atoms with van der Waals surface area (Å²) < 4.78 is 0. The van der Waals surface area contributed by atoms with Crippen molar-refractivity contribution >= 4 is 11.9 Å². The summed E-state index contributed by atoms with van der Waals surface area (Å²) in [6.07, 6.45) is 1.33. The summed E-state index contributed by atoms with van der Waals surface area (Å²) in [5.74, 6) is -0.534. The van der Waals surface area contributed by atoms with Gasteiger partial charge in [0.2, 0.25) is 5.95 Å². The maximum atomic E-state index is 10.9. The Bertz CT molecular complexity index is 643. The van der Waals surface area contributed by atoms with Crippen molar-refractivity contribution in [3.8, 4) is 0 Å². The Morgan fingerprint density at radius 1 is 1.30 bits per heavy atom. The van der Waals surface area contributed by atoms with Gasteiger partial charge >= 0.3 is 5.97 Å². The van der Waals surface area contributed by atoms with E-state index in [0.29, 0.717) is 18.2 Å². The van der Waals surface area contributed by atoms with E-state index in [2.05, 4.69) is 15.0 Å². The molecule has 0 bridgehead atoms. The summed E-state index contributed by atoms with van der Waals surface area (Å²) in [7, 11) is 1.85. The van der Waals surface area contributed by atoms with Crippen LogP contribution in [0.5, 0.6) is 0 Å². The molecule has 0 aliphatic heterocycles. The highest BCUT2D eigenvalue weighted by atomic mass is 16.4. The van der Waals surface area contributed by atoms with Gasteiger partial charge in [-0.05, 0) is 26.0 Å². The lowest BCUT2D eigenvalue weighted by Gasteiger charge is -2.17. The Morgan fingerprint density at radius 3 is 2.65 bits per heavy atom. The predicted octanol–water partition coefficient (Wildman–Crippen LogP) is 1.82. The lowest BCUT2D eigenvalue weighted by atomic mass is 10.2. The summed E-state index contributed by atoms with van der Waals surface area (Å²) in [5.41, 5.74) is 2.44. The second kappa shape index (κ2) is 5.64. The molecule has 20 heavy (non-hydrogen) atoms. The molecule has 0 amide bonds. The number of anilines is 1. The van der Waals surface area contributed by atoms with E-state index < -0.39 is 5.97 Å². The summed E-state index contributed by atoms with van der Waals surface area (Å²) in [5, 5.41) is 8.96. The second-order valence-electron chi connectivity index (χ2n) is 4.60. The minimum Gasteiger partial charge on any atom is -0.478 e. The van der Waals surface area contributed by atoms with E-state index in [9.17, 15) is 4.79 Å². The zero-order chi connectivity index (χ0) is 14.7. The monoisotopic (exact) mass is 272 g/mol. The molecule has 0 saturated carbocycles. The topological polar surface area (TPSA) is 79.2 Å². The number of carboxylic acid groups (broad SMARTS) is 1. The summed E-state index contributed by atoms with van der Waals surface area (Å²) in [4.78, 5) is 25.5. The van der Waals surface area contributed by atoms with Crippen molar-refractivity contribution < 1.29 is 9.90 Å². The molecule has 0 atom stereocenters. The van der Waals surface area contributed by atoms with Crippen LogP contribution in [0, 0.1) is 13.8 Å². The zero-order valence-electron chi connectivity index (χ0n) is 11.7. The lowest BCUT2D eigenvalue weighted by molar-refractivity contribution is 0.0695. The molecular weight excluding hydrogens is 256 g/mol. The van der Waals surface area contributed by atoms with Crippen LogP contribution in [0.15, 0.2) is 24.4 Å². The van der Waals surface area contributed by atoms with Crippen LogP contribution in [0.3, 0.4) is 0 Å². The van der Waals surface area contributed by atoms with Crippen molar-refractivity contribution in [1.82, 2.24) is 15.0 Å². The van der Waals surface area contributed by atoms with E-state index in [4.69, 9.17) is 5.11 Å². The number of aromatic carboxylic acids is 1. The van der Waals surface area contributed by atoms with Crippen LogP contribution in [0.25, 0.3) is 0 Å². The number of hydrogen-bond acceptors (Lipinski definition) is 5. The van der Waals surface area contributed by atoms with E-state index in [1.807, 2.05) is 37.1 Å². The van der Waals surface area contributed by atoms with Gasteiger partial charge < -0.3 is 10.0 Å². The van der Waals surface area contributed by atoms with Crippen LogP contribution in [0.1, 0.15) is 27.4 Å². The molecule has 0 spiro atoms. The number of aryl methyl sites for hydroxylation is 2. The molecule has 2 rings (SSSR count). The highest BCUT2D eigenvalue weighted by Gasteiger charge is 2.12. The first-order valence-corrected chi connectivity index (χ1v) is 6.18. The van der Waals surface area contributed by atoms with Gasteiger partial charge in [0.05, 0.1) is 23.5 Å². The number of hydrogen-bond donors (Lipinski definition) is 1. The quantitative estimate of drug-likeness (QED) is 0.914. The van der Waals surface area contributed by atoms with Gasteiger partial charge in [-0.15, -0.1) is 0 Å². The Hall–Kier alpha value is -2.50. The molecule has 104 valence electrons. The molecule has 2 heterocycles. The molecule has 0 fully saturated rings. The molecule has 0 aliphatic carbocycles. The molecular formula is C14H16N4O2. The molecule has 2 aromatic rings. The Labute approximate surface area is 117 Å². The van der Waals surface area contributed by atoms with Crippen LogP contribution in [-0.4, -0.2) is 33.1 Å². The lowest BCUT2D eigenvalue weighted by Crippen LogP contribution is -2.21. The first-order chi connectivity index (χ1) is 9.47. The van der Waals surface area contributed by atoms with Gasteiger partial charge in [0.1, 0.15) is 0 Å². The normalized spacial score (nSPS) is 10.3. The molecule has 6 nitrogen and oxygen atoms in total. The summed E-state index contributed by atoms with van der Waals surface area (Å²) >= 11 is 0. The number of rotatable bonds is 4. The second-order valence-corrected chi connectivity index (χ2v) is 4.60. The van der Waals surface area contributed by atoms with Gasteiger partial charge in [-0.2, -0.15) is 0 Å². The van der Waals surface area contributed by atoms with E-state index in [0.717, 1.165) is 11.4 Å². The maximum Gasteiger partial charge on any atom is 0.339 e. The van der Waals surface area contributed by atoms with E-state index >= 15 is 0 Å². The zero-order valence-corrected chi connectivity index (χ0v) is 11.7. The highest BCUT2D eigenvalue weighted by molar-refractivity contribution is 5.88.